The summed E-state index contributed by atoms with van der Waals surface area (Å²) in [5.74, 6) is 4.78. The van der Waals surface area contributed by atoms with Crippen LogP contribution in [0.15, 0.2) is 0 Å². The van der Waals surface area contributed by atoms with Gasteiger partial charge in [0.05, 0.1) is 19.3 Å². The Morgan fingerprint density at radius 1 is 0.852 bits per heavy atom. The van der Waals surface area contributed by atoms with E-state index in [2.05, 4.69) is 6.92 Å². The molecule has 0 radical (unpaired) electrons. The number of rotatable bonds is 1. The molecule has 4 saturated carbocycles. The van der Waals surface area contributed by atoms with Crippen LogP contribution in [0, 0.1) is 40.9 Å². The van der Waals surface area contributed by atoms with Crippen molar-refractivity contribution in [3.63, 3.8) is 0 Å². The number of hydrogen-bond acceptors (Lipinski definition) is 3. The third kappa shape index (κ3) is 3.20. The van der Waals surface area contributed by atoms with Gasteiger partial charge >= 0.3 is 0 Å². The van der Waals surface area contributed by atoms with Crippen LogP contribution >= 0.6 is 0 Å². The average molecular weight is 379 g/mol. The minimum atomic E-state index is -0.206. The van der Waals surface area contributed by atoms with E-state index in [0.717, 1.165) is 55.6 Å². The first-order valence-corrected chi connectivity index (χ1v) is 12.0. The Kier molecular flexibility index (Phi) is 5.68. The number of ether oxygens (including phenoxy) is 2. The highest BCUT2D eigenvalue weighted by Gasteiger charge is 2.59. The van der Waals surface area contributed by atoms with Gasteiger partial charge in [-0.25, -0.2) is 0 Å². The van der Waals surface area contributed by atoms with Crippen molar-refractivity contribution in [2.75, 3.05) is 13.2 Å². The van der Waals surface area contributed by atoms with Gasteiger partial charge in [0, 0.05) is 12.8 Å². The molecule has 0 amide bonds. The quantitative estimate of drug-likeness (QED) is 0.663. The van der Waals surface area contributed by atoms with Gasteiger partial charge in [-0.15, -0.1) is 0 Å². The molecule has 3 nitrogen and oxygen atoms in total. The van der Waals surface area contributed by atoms with E-state index in [0.29, 0.717) is 11.3 Å². The van der Waals surface area contributed by atoms with Crippen LogP contribution in [0.1, 0.15) is 85.5 Å². The SMILES string of the molecule is CC.CC(O)C1CCC2[C@@H]3CCC4CC5(CC[C@@H]4C3CCC12C)OCCO5. The van der Waals surface area contributed by atoms with Crippen LogP contribution in [0.2, 0.25) is 0 Å². The molecular weight excluding hydrogens is 336 g/mol. The van der Waals surface area contributed by atoms with Gasteiger partial charge in [0.15, 0.2) is 5.79 Å². The molecule has 8 atom stereocenters. The molecule has 3 heteroatoms. The monoisotopic (exact) mass is 378 g/mol. The van der Waals surface area contributed by atoms with Crippen LogP contribution in [-0.4, -0.2) is 30.2 Å². The first-order chi connectivity index (χ1) is 13.0. The molecular formula is C24H42O3. The van der Waals surface area contributed by atoms with Crippen molar-refractivity contribution in [2.45, 2.75) is 97.4 Å². The summed E-state index contributed by atoms with van der Waals surface area (Å²) in [6.07, 6.45) is 11.6. The molecule has 5 fully saturated rings. The van der Waals surface area contributed by atoms with E-state index in [-0.39, 0.29) is 11.9 Å². The molecule has 1 aliphatic heterocycles. The molecule has 0 aromatic rings. The molecule has 0 aromatic heterocycles. The largest absolute Gasteiger partial charge is 0.393 e. The summed E-state index contributed by atoms with van der Waals surface area (Å²) >= 11 is 0. The van der Waals surface area contributed by atoms with Crippen LogP contribution in [0.3, 0.4) is 0 Å². The third-order valence-electron chi connectivity index (χ3n) is 9.42. The van der Waals surface area contributed by atoms with Gasteiger partial charge in [-0.1, -0.05) is 20.8 Å². The first kappa shape index (κ1) is 20.2. The maximum Gasteiger partial charge on any atom is 0.168 e. The third-order valence-corrected chi connectivity index (χ3v) is 9.42. The van der Waals surface area contributed by atoms with Crippen molar-refractivity contribution in [3.05, 3.63) is 0 Å². The van der Waals surface area contributed by atoms with Crippen LogP contribution in [0.4, 0.5) is 0 Å². The van der Waals surface area contributed by atoms with Crippen molar-refractivity contribution in [1.82, 2.24) is 0 Å². The number of fused-ring (bicyclic) bond motifs is 5. The molecule has 27 heavy (non-hydrogen) atoms. The summed E-state index contributed by atoms with van der Waals surface area (Å²) < 4.78 is 12.1. The Morgan fingerprint density at radius 3 is 2.26 bits per heavy atom. The molecule has 6 unspecified atom stereocenters. The van der Waals surface area contributed by atoms with Crippen LogP contribution in [-0.2, 0) is 9.47 Å². The molecule has 1 heterocycles. The van der Waals surface area contributed by atoms with Gasteiger partial charge in [0.25, 0.3) is 0 Å². The van der Waals surface area contributed by atoms with Crippen LogP contribution < -0.4 is 0 Å². The minimum absolute atomic E-state index is 0.130. The summed E-state index contributed by atoms with van der Waals surface area (Å²) in [6.45, 7) is 10.1. The second kappa shape index (κ2) is 7.61. The van der Waals surface area contributed by atoms with Gasteiger partial charge in [-0.3, -0.25) is 0 Å². The number of hydrogen-bond donors (Lipinski definition) is 1. The van der Waals surface area contributed by atoms with Gasteiger partial charge in [0.2, 0.25) is 0 Å². The van der Waals surface area contributed by atoms with Gasteiger partial charge in [0.1, 0.15) is 0 Å². The first-order valence-electron chi connectivity index (χ1n) is 12.0. The van der Waals surface area contributed by atoms with Gasteiger partial charge < -0.3 is 14.6 Å². The molecule has 1 saturated heterocycles. The summed E-state index contributed by atoms with van der Waals surface area (Å²) in [7, 11) is 0. The fourth-order valence-electron chi connectivity index (χ4n) is 8.42. The lowest BCUT2D eigenvalue weighted by atomic mass is 9.49. The maximum absolute atomic E-state index is 10.3. The lowest BCUT2D eigenvalue weighted by Crippen LogP contribution is -2.51. The zero-order valence-corrected chi connectivity index (χ0v) is 18.1. The molecule has 1 N–H and O–H groups in total. The Morgan fingerprint density at radius 2 is 1.56 bits per heavy atom. The average Bonchev–Trinajstić information content (AvgIpc) is 3.27. The lowest BCUT2D eigenvalue weighted by molar-refractivity contribution is -0.209. The standard InChI is InChI=1S/C22H36O3.C2H6/c1-14(23)19-5-6-20-18-4-3-15-13-22(24-11-12-25-22)10-8-16(15)17(18)7-9-21(19,20)2;1-2/h14-20,23H,3-13H2,1-2H3;1-2H3/t14?,15?,16-,17?,18+,19?,20?,21?;/m0./s1. The summed E-state index contributed by atoms with van der Waals surface area (Å²) in [6, 6.07) is 0. The van der Waals surface area contributed by atoms with E-state index in [1.165, 1.54) is 44.9 Å². The van der Waals surface area contributed by atoms with Gasteiger partial charge in [-0.05, 0) is 92.8 Å². The normalized spacial score (nSPS) is 48.8. The minimum Gasteiger partial charge on any atom is -0.393 e. The smallest absolute Gasteiger partial charge is 0.168 e. The molecule has 4 aliphatic carbocycles. The van der Waals surface area contributed by atoms with Crippen molar-refractivity contribution >= 4 is 0 Å². The van der Waals surface area contributed by atoms with E-state index >= 15 is 0 Å². The number of aliphatic hydroxyl groups is 1. The van der Waals surface area contributed by atoms with Crippen molar-refractivity contribution in [3.8, 4) is 0 Å². The zero-order chi connectivity index (χ0) is 19.2. The van der Waals surface area contributed by atoms with Crippen molar-refractivity contribution < 1.29 is 14.6 Å². The van der Waals surface area contributed by atoms with Gasteiger partial charge in [-0.2, -0.15) is 0 Å². The predicted octanol–water partition coefficient (Wildman–Crippen LogP) is 5.41. The highest BCUT2D eigenvalue weighted by atomic mass is 16.7. The molecule has 5 aliphatic rings. The van der Waals surface area contributed by atoms with Crippen molar-refractivity contribution in [1.29, 1.82) is 0 Å². The zero-order valence-electron chi connectivity index (χ0n) is 18.1. The highest BCUT2D eigenvalue weighted by Crippen LogP contribution is 2.65. The van der Waals surface area contributed by atoms with E-state index in [1.54, 1.807) is 0 Å². The Bertz CT molecular complexity index is 512. The van der Waals surface area contributed by atoms with E-state index < -0.39 is 0 Å². The van der Waals surface area contributed by atoms with Crippen LogP contribution in [0.25, 0.3) is 0 Å². The second-order valence-electron chi connectivity index (χ2n) is 10.3. The van der Waals surface area contributed by atoms with E-state index in [4.69, 9.17) is 9.47 Å². The molecule has 5 rings (SSSR count). The second-order valence-corrected chi connectivity index (χ2v) is 10.3. The molecule has 1 spiro atoms. The number of aliphatic hydroxyl groups excluding tert-OH is 1. The Labute approximate surface area is 166 Å². The molecule has 156 valence electrons. The Balaban J connectivity index is 0.000000872. The highest BCUT2D eigenvalue weighted by molar-refractivity contribution is 5.07. The predicted molar refractivity (Wildman–Crippen MR) is 108 cm³/mol. The summed E-state index contributed by atoms with van der Waals surface area (Å²) in [4.78, 5) is 0. The summed E-state index contributed by atoms with van der Waals surface area (Å²) in [5.41, 5.74) is 0.399. The van der Waals surface area contributed by atoms with Crippen molar-refractivity contribution in [2.24, 2.45) is 40.9 Å². The Hall–Kier alpha value is -0.120. The lowest BCUT2D eigenvalue weighted by Gasteiger charge is -2.57. The molecule has 0 aromatic carbocycles. The van der Waals surface area contributed by atoms with E-state index in [1.807, 2.05) is 20.8 Å². The summed E-state index contributed by atoms with van der Waals surface area (Å²) in [5, 5.41) is 10.3. The fraction of sp³-hybridized carbons (Fsp3) is 1.00. The van der Waals surface area contributed by atoms with E-state index in [9.17, 15) is 5.11 Å². The maximum atomic E-state index is 10.3. The fourth-order valence-corrected chi connectivity index (χ4v) is 8.42. The molecule has 0 bridgehead atoms. The van der Waals surface area contributed by atoms with Crippen LogP contribution in [0.5, 0.6) is 0 Å². The topological polar surface area (TPSA) is 38.7 Å².